The van der Waals surface area contributed by atoms with Crippen LogP contribution in [0.15, 0.2) is 0 Å². The second-order valence-electron chi connectivity index (χ2n) is 4.52. The van der Waals surface area contributed by atoms with Crippen molar-refractivity contribution in [3.05, 3.63) is 0 Å². The first-order chi connectivity index (χ1) is 6.86. The second-order valence-corrected chi connectivity index (χ2v) is 4.52. The number of ether oxygens (including phenoxy) is 2. The maximum atomic E-state index is 5.94. The molecule has 3 nitrogen and oxygen atoms in total. The third-order valence-electron chi connectivity index (χ3n) is 3.39. The maximum absolute atomic E-state index is 5.94. The van der Waals surface area contributed by atoms with Gasteiger partial charge in [0.1, 0.15) is 0 Å². The largest absolute Gasteiger partial charge is 0.381 e. The van der Waals surface area contributed by atoms with Gasteiger partial charge in [-0.2, -0.15) is 0 Å². The molecular formula is C11H21NO2. The van der Waals surface area contributed by atoms with E-state index < -0.39 is 0 Å². The Hall–Kier alpha value is -0.120. The molecule has 1 heterocycles. The summed E-state index contributed by atoms with van der Waals surface area (Å²) < 4.78 is 11.2. The monoisotopic (exact) mass is 199 g/mol. The zero-order valence-electron chi connectivity index (χ0n) is 8.78. The summed E-state index contributed by atoms with van der Waals surface area (Å²) in [5.41, 5.74) is 5.94. The highest BCUT2D eigenvalue weighted by Crippen LogP contribution is 2.22. The molecule has 2 N–H and O–H groups in total. The first-order valence-electron chi connectivity index (χ1n) is 5.81. The molecule has 0 aromatic carbocycles. The van der Waals surface area contributed by atoms with E-state index in [9.17, 15) is 0 Å². The average molecular weight is 199 g/mol. The molecular weight excluding hydrogens is 178 g/mol. The molecule has 2 unspecified atom stereocenters. The van der Waals surface area contributed by atoms with Crippen LogP contribution in [0.25, 0.3) is 0 Å². The van der Waals surface area contributed by atoms with Crippen LogP contribution >= 0.6 is 0 Å². The molecule has 2 rings (SSSR count). The van der Waals surface area contributed by atoms with Crippen molar-refractivity contribution in [3.8, 4) is 0 Å². The SMILES string of the molecule is NC1CCCC1OCC1CCOCC1. The van der Waals surface area contributed by atoms with Crippen molar-refractivity contribution < 1.29 is 9.47 Å². The van der Waals surface area contributed by atoms with Gasteiger partial charge in [0.05, 0.1) is 12.7 Å². The lowest BCUT2D eigenvalue weighted by Gasteiger charge is -2.24. The van der Waals surface area contributed by atoms with Gasteiger partial charge < -0.3 is 15.2 Å². The van der Waals surface area contributed by atoms with Gasteiger partial charge in [-0.05, 0) is 38.0 Å². The van der Waals surface area contributed by atoms with Crippen molar-refractivity contribution in [1.29, 1.82) is 0 Å². The van der Waals surface area contributed by atoms with E-state index in [1.165, 1.54) is 6.42 Å². The van der Waals surface area contributed by atoms with Crippen LogP contribution in [-0.2, 0) is 9.47 Å². The van der Waals surface area contributed by atoms with Crippen molar-refractivity contribution in [2.75, 3.05) is 19.8 Å². The van der Waals surface area contributed by atoms with Gasteiger partial charge in [-0.3, -0.25) is 0 Å². The molecule has 1 saturated heterocycles. The molecule has 1 saturated carbocycles. The topological polar surface area (TPSA) is 44.5 Å². The van der Waals surface area contributed by atoms with Crippen molar-refractivity contribution in [3.63, 3.8) is 0 Å². The Balaban J connectivity index is 1.65. The van der Waals surface area contributed by atoms with Crippen molar-refractivity contribution >= 4 is 0 Å². The van der Waals surface area contributed by atoms with Crippen LogP contribution in [0.1, 0.15) is 32.1 Å². The molecule has 14 heavy (non-hydrogen) atoms. The Kier molecular flexibility index (Phi) is 3.79. The van der Waals surface area contributed by atoms with Crippen LogP contribution in [0.4, 0.5) is 0 Å². The molecule has 0 amide bonds. The van der Waals surface area contributed by atoms with E-state index in [0.29, 0.717) is 12.0 Å². The Morgan fingerprint density at radius 3 is 2.57 bits per heavy atom. The summed E-state index contributed by atoms with van der Waals surface area (Å²) in [5.74, 6) is 0.705. The van der Waals surface area contributed by atoms with Gasteiger partial charge in [0.2, 0.25) is 0 Å². The normalized spacial score (nSPS) is 34.9. The summed E-state index contributed by atoms with van der Waals surface area (Å²) in [4.78, 5) is 0. The lowest BCUT2D eigenvalue weighted by molar-refractivity contribution is -0.0130. The number of nitrogens with two attached hydrogens (primary N) is 1. The van der Waals surface area contributed by atoms with Gasteiger partial charge in [-0.25, -0.2) is 0 Å². The lowest BCUT2D eigenvalue weighted by atomic mass is 10.0. The highest BCUT2D eigenvalue weighted by atomic mass is 16.5. The minimum absolute atomic E-state index is 0.287. The Morgan fingerprint density at radius 1 is 1.14 bits per heavy atom. The third-order valence-corrected chi connectivity index (χ3v) is 3.39. The number of hydrogen-bond donors (Lipinski definition) is 1. The van der Waals surface area contributed by atoms with Crippen molar-refractivity contribution in [2.45, 2.75) is 44.2 Å². The zero-order chi connectivity index (χ0) is 9.80. The fraction of sp³-hybridized carbons (Fsp3) is 1.00. The summed E-state index contributed by atoms with van der Waals surface area (Å²) in [6, 6.07) is 0.287. The van der Waals surface area contributed by atoms with E-state index in [2.05, 4.69) is 0 Å². The summed E-state index contributed by atoms with van der Waals surface area (Å²) in [5, 5.41) is 0. The van der Waals surface area contributed by atoms with E-state index in [1.807, 2.05) is 0 Å². The summed E-state index contributed by atoms with van der Waals surface area (Å²) >= 11 is 0. The van der Waals surface area contributed by atoms with E-state index >= 15 is 0 Å². The van der Waals surface area contributed by atoms with Crippen LogP contribution < -0.4 is 5.73 Å². The molecule has 2 atom stereocenters. The van der Waals surface area contributed by atoms with Crippen LogP contribution in [-0.4, -0.2) is 32.0 Å². The standard InChI is InChI=1S/C11H21NO2/c12-10-2-1-3-11(10)14-8-9-4-6-13-7-5-9/h9-11H,1-8,12H2. The first-order valence-corrected chi connectivity index (χ1v) is 5.81. The van der Waals surface area contributed by atoms with Crippen LogP contribution in [0.2, 0.25) is 0 Å². The molecule has 0 bridgehead atoms. The average Bonchev–Trinajstić information content (AvgIpc) is 2.63. The van der Waals surface area contributed by atoms with Crippen LogP contribution in [0.5, 0.6) is 0 Å². The third kappa shape index (κ3) is 2.69. The molecule has 0 spiro atoms. The molecule has 3 heteroatoms. The molecule has 1 aliphatic carbocycles. The number of hydrogen-bond acceptors (Lipinski definition) is 3. The predicted molar refractivity (Wildman–Crippen MR) is 55.1 cm³/mol. The molecule has 2 fully saturated rings. The van der Waals surface area contributed by atoms with Crippen molar-refractivity contribution in [2.24, 2.45) is 11.7 Å². The van der Waals surface area contributed by atoms with Crippen molar-refractivity contribution in [1.82, 2.24) is 0 Å². The Labute approximate surface area is 85.9 Å². The molecule has 1 aliphatic heterocycles. The van der Waals surface area contributed by atoms with Gasteiger partial charge in [0.15, 0.2) is 0 Å². The first kappa shape index (κ1) is 10.4. The molecule has 0 radical (unpaired) electrons. The van der Waals surface area contributed by atoms with Gasteiger partial charge >= 0.3 is 0 Å². The summed E-state index contributed by atoms with van der Waals surface area (Å²) in [6.45, 7) is 2.71. The Morgan fingerprint density at radius 2 is 1.93 bits per heavy atom. The summed E-state index contributed by atoms with van der Waals surface area (Å²) in [6.07, 6.45) is 6.17. The highest BCUT2D eigenvalue weighted by molar-refractivity contribution is 4.81. The number of rotatable bonds is 3. The van der Waals surface area contributed by atoms with E-state index in [0.717, 1.165) is 45.5 Å². The van der Waals surface area contributed by atoms with Crippen LogP contribution in [0.3, 0.4) is 0 Å². The summed E-state index contributed by atoms with van der Waals surface area (Å²) in [7, 11) is 0. The molecule has 2 aliphatic rings. The zero-order valence-corrected chi connectivity index (χ0v) is 8.78. The van der Waals surface area contributed by atoms with Gasteiger partial charge in [-0.1, -0.05) is 0 Å². The quantitative estimate of drug-likeness (QED) is 0.745. The molecule has 0 aromatic heterocycles. The minimum atomic E-state index is 0.287. The Bertz CT molecular complexity index is 169. The van der Waals surface area contributed by atoms with E-state index in [4.69, 9.17) is 15.2 Å². The molecule has 0 aromatic rings. The smallest absolute Gasteiger partial charge is 0.0726 e. The predicted octanol–water partition coefficient (Wildman–Crippen LogP) is 1.31. The fourth-order valence-electron chi connectivity index (χ4n) is 2.33. The highest BCUT2D eigenvalue weighted by Gasteiger charge is 2.25. The fourth-order valence-corrected chi connectivity index (χ4v) is 2.33. The van der Waals surface area contributed by atoms with Gasteiger partial charge in [-0.15, -0.1) is 0 Å². The van der Waals surface area contributed by atoms with E-state index in [1.54, 1.807) is 0 Å². The van der Waals surface area contributed by atoms with E-state index in [-0.39, 0.29) is 6.04 Å². The molecule has 82 valence electrons. The maximum Gasteiger partial charge on any atom is 0.0726 e. The second kappa shape index (κ2) is 5.10. The van der Waals surface area contributed by atoms with Gasteiger partial charge in [0, 0.05) is 19.3 Å². The minimum Gasteiger partial charge on any atom is -0.381 e. The van der Waals surface area contributed by atoms with Gasteiger partial charge in [0.25, 0.3) is 0 Å². The lowest BCUT2D eigenvalue weighted by Crippen LogP contribution is -2.33. The van der Waals surface area contributed by atoms with Crippen LogP contribution in [0, 0.1) is 5.92 Å².